The van der Waals surface area contributed by atoms with Gasteiger partial charge in [0.25, 0.3) is 0 Å². The fraction of sp³-hybridized carbons (Fsp3) is 0.0714. The number of rotatable bonds is 0. The number of aromatic hydroxyl groups is 4. The molecule has 6 bridgehead atoms. The Kier molecular flexibility index (Phi) is 6.06. The highest BCUT2D eigenvalue weighted by Crippen LogP contribution is 2.45. The lowest BCUT2D eigenvalue weighted by Crippen LogP contribution is -1.97. The summed E-state index contributed by atoms with van der Waals surface area (Å²) in [6.07, 6.45) is 2.71. The highest BCUT2D eigenvalue weighted by atomic mass is 35.5. The zero-order valence-electron chi connectivity index (χ0n) is 18.2. The maximum atomic E-state index is 11.0. The van der Waals surface area contributed by atoms with Crippen LogP contribution in [0.5, 0.6) is 23.0 Å². The number of hydrogen-bond donors (Lipinski definition) is 4. The SMILES string of the molecule is Oc1ccc2c(c1)CCc1ccc(O)c(c1)-c1cc(cc(Cl)c1O)/C=C(/Cl)c1ccc-2c(O)c1Cl. The quantitative estimate of drug-likeness (QED) is 0.188. The van der Waals surface area contributed by atoms with Gasteiger partial charge in [0.1, 0.15) is 23.0 Å². The summed E-state index contributed by atoms with van der Waals surface area (Å²) in [5.41, 5.74) is 4.72. The van der Waals surface area contributed by atoms with Gasteiger partial charge in [-0.1, -0.05) is 53.0 Å². The topological polar surface area (TPSA) is 80.9 Å². The third kappa shape index (κ3) is 4.30. The van der Waals surface area contributed by atoms with Gasteiger partial charge in [-0.25, -0.2) is 0 Å². The summed E-state index contributed by atoms with van der Waals surface area (Å²) in [5, 5.41) is 42.8. The van der Waals surface area contributed by atoms with Crippen LogP contribution in [0, 0.1) is 0 Å². The molecule has 0 saturated carbocycles. The summed E-state index contributed by atoms with van der Waals surface area (Å²) in [6.45, 7) is 0. The van der Waals surface area contributed by atoms with Crippen LogP contribution in [0.25, 0.3) is 33.4 Å². The Labute approximate surface area is 216 Å². The molecule has 6 rings (SSSR count). The van der Waals surface area contributed by atoms with E-state index in [9.17, 15) is 20.4 Å². The first-order valence-corrected chi connectivity index (χ1v) is 11.9. The lowest BCUT2D eigenvalue weighted by molar-refractivity contribution is 0.469. The number of aryl methyl sites for hydroxylation is 2. The van der Waals surface area contributed by atoms with Crippen molar-refractivity contribution < 1.29 is 20.4 Å². The average Bonchev–Trinajstić information content (AvgIpc) is 2.82. The molecule has 176 valence electrons. The van der Waals surface area contributed by atoms with Gasteiger partial charge in [-0.15, -0.1) is 0 Å². The lowest BCUT2D eigenvalue weighted by atomic mass is 9.92. The third-order valence-electron chi connectivity index (χ3n) is 6.17. The first kappa shape index (κ1) is 23.4. The highest BCUT2D eigenvalue weighted by molar-refractivity contribution is 6.53. The van der Waals surface area contributed by atoms with Gasteiger partial charge < -0.3 is 20.4 Å². The van der Waals surface area contributed by atoms with E-state index in [1.807, 2.05) is 0 Å². The van der Waals surface area contributed by atoms with Crippen molar-refractivity contribution in [2.75, 3.05) is 0 Å². The second-order valence-electron chi connectivity index (χ2n) is 8.41. The van der Waals surface area contributed by atoms with Crippen molar-refractivity contribution in [2.24, 2.45) is 0 Å². The molecule has 0 aliphatic heterocycles. The number of hydrogen-bond acceptors (Lipinski definition) is 4. The van der Waals surface area contributed by atoms with Crippen LogP contribution in [0.2, 0.25) is 10.0 Å². The van der Waals surface area contributed by atoms with Crippen molar-refractivity contribution in [1.82, 2.24) is 0 Å². The van der Waals surface area contributed by atoms with E-state index in [1.54, 1.807) is 66.7 Å². The zero-order chi connectivity index (χ0) is 24.9. The molecule has 4 nitrogen and oxygen atoms in total. The van der Waals surface area contributed by atoms with Gasteiger partial charge in [0.2, 0.25) is 0 Å². The van der Waals surface area contributed by atoms with Gasteiger partial charge in [-0.2, -0.15) is 0 Å². The van der Waals surface area contributed by atoms with Crippen molar-refractivity contribution >= 4 is 45.9 Å². The summed E-state index contributed by atoms with van der Waals surface area (Å²) in [5.74, 6) is -0.182. The molecule has 7 heteroatoms. The van der Waals surface area contributed by atoms with Gasteiger partial charge in [-0.05, 0) is 83.6 Å². The van der Waals surface area contributed by atoms with E-state index in [1.165, 1.54) is 0 Å². The molecule has 4 aromatic rings. The summed E-state index contributed by atoms with van der Waals surface area (Å²) in [4.78, 5) is 0. The van der Waals surface area contributed by atoms with E-state index >= 15 is 0 Å². The maximum absolute atomic E-state index is 11.0. The summed E-state index contributed by atoms with van der Waals surface area (Å²) in [7, 11) is 0. The number of benzene rings is 4. The molecule has 2 aliphatic carbocycles. The molecule has 0 heterocycles. The van der Waals surface area contributed by atoms with E-state index in [4.69, 9.17) is 34.8 Å². The first-order chi connectivity index (χ1) is 16.7. The van der Waals surface area contributed by atoms with Crippen LogP contribution in [0.1, 0.15) is 22.3 Å². The Morgan fingerprint density at radius 1 is 0.600 bits per heavy atom. The molecule has 0 spiro atoms. The van der Waals surface area contributed by atoms with Gasteiger partial charge in [-0.3, -0.25) is 0 Å². The minimum atomic E-state index is -0.163. The van der Waals surface area contributed by atoms with Gasteiger partial charge in [0.05, 0.1) is 15.1 Å². The second kappa shape index (κ2) is 9.04. The Morgan fingerprint density at radius 2 is 1.34 bits per heavy atom. The van der Waals surface area contributed by atoms with Crippen LogP contribution in [-0.4, -0.2) is 20.4 Å². The van der Waals surface area contributed by atoms with Gasteiger partial charge in [0.15, 0.2) is 0 Å². The van der Waals surface area contributed by atoms with E-state index < -0.39 is 0 Å². The Hall–Kier alpha value is -3.31. The maximum Gasteiger partial charge on any atom is 0.142 e. The minimum absolute atomic E-state index is 0.00525. The molecule has 4 aromatic carbocycles. The number of halogens is 3. The molecule has 0 fully saturated rings. The van der Waals surface area contributed by atoms with E-state index in [2.05, 4.69) is 0 Å². The minimum Gasteiger partial charge on any atom is -0.508 e. The molecule has 0 aromatic heterocycles. The van der Waals surface area contributed by atoms with Crippen LogP contribution in [0.15, 0.2) is 60.7 Å². The number of fused-ring (bicyclic) bond motifs is 3. The highest BCUT2D eigenvalue weighted by Gasteiger charge is 2.19. The molecule has 0 atom stereocenters. The second-order valence-corrected chi connectivity index (χ2v) is 9.60. The van der Waals surface area contributed by atoms with Crippen molar-refractivity contribution in [3.8, 4) is 45.3 Å². The van der Waals surface area contributed by atoms with E-state index in [-0.39, 0.29) is 38.1 Å². The van der Waals surface area contributed by atoms with Crippen LogP contribution in [0.4, 0.5) is 0 Å². The Morgan fingerprint density at radius 3 is 2.14 bits per heavy atom. The standard InChI is InChI=1S/C28H19Cl3O4/c29-23-11-15-10-22(27(34)24(30)12-15)21-9-14(2-8-25(21)33)1-3-16-13-17(32)4-5-18(16)19-6-7-20(23)26(31)28(19)35/h2,4-13,32-35H,1,3H2/b23-11+. The monoisotopic (exact) mass is 524 g/mol. The molecular weight excluding hydrogens is 507 g/mol. The molecule has 4 N–H and O–H groups in total. The van der Waals surface area contributed by atoms with Crippen molar-refractivity contribution in [1.29, 1.82) is 0 Å². The van der Waals surface area contributed by atoms with E-state index in [0.717, 1.165) is 16.7 Å². The summed E-state index contributed by atoms with van der Waals surface area (Å²) >= 11 is 19.5. The van der Waals surface area contributed by atoms with Crippen LogP contribution in [0.3, 0.4) is 0 Å². The fourth-order valence-electron chi connectivity index (χ4n) is 4.38. The van der Waals surface area contributed by atoms with Crippen molar-refractivity contribution in [3.05, 3.63) is 93.0 Å². The van der Waals surface area contributed by atoms with Gasteiger partial charge >= 0.3 is 0 Å². The zero-order valence-corrected chi connectivity index (χ0v) is 20.5. The summed E-state index contributed by atoms with van der Waals surface area (Å²) in [6, 6.07) is 16.8. The lowest BCUT2D eigenvalue weighted by Gasteiger charge is -2.16. The number of phenols is 4. The molecule has 35 heavy (non-hydrogen) atoms. The Bertz CT molecular complexity index is 1530. The molecule has 0 unspecified atom stereocenters. The predicted molar refractivity (Wildman–Crippen MR) is 142 cm³/mol. The molecule has 0 saturated heterocycles. The number of phenolic OH excluding ortho intramolecular Hbond substituents is 4. The van der Waals surface area contributed by atoms with Gasteiger partial charge in [0, 0.05) is 22.3 Å². The smallest absolute Gasteiger partial charge is 0.142 e. The van der Waals surface area contributed by atoms with Crippen LogP contribution >= 0.6 is 34.8 Å². The van der Waals surface area contributed by atoms with E-state index in [0.29, 0.717) is 40.7 Å². The normalized spacial score (nSPS) is 14.3. The third-order valence-corrected chi connectivity index (χ3v) is 7.15. The predicted octanol–water partition coefficient (Wildman–Crippen LogP) is 7.99. The fourth-order valence-corrected chi connectivity index (χ4v) is 5.21. The molecule has 0 radical (unpaired) electrons. The molecule has 2 aliphatic rings. The van der Waals surface area contributed by atoms with Crippen molar-refractivity contribution in [2.45, 2.75) is 12.8 Å². The Balaban J connectivity index is 1.81. The largest absolute Gasteiger partial charge is 0.508 e. The first-order valence-electron chi connectivity index (χ1n) is 10.8. The van der Waals surface area contributed by atoms with Crippen LogP contribution < -0.4 is 0 Å². The van der Waals surface area contributed by atoms with Crippen LogP contribution in [-0.2, 0) is 12.8 Å². The summed E-state index contributed by atoms with van der Waals surface area (Å²) < 4.78 is 0. The average molecular weight is 526 g/mol. The molecule has 0 amide bonds. The molecular formula is C28H19Cl3O4. The van der Waals surface area contributed by atoms with Crippen molar-refractivity contribution in [3.63, 3.8) is 0 Å².